The molecule has 1 fully saturated rings. The van der Waals surface area contributed by atoms with Crippen LogP contribution in [0.15, 0.2) is 24.7 Å². The highest BCUT2D eigenvalue weighted by atomic mass is 16.6. The summed E-state index contributed by atoms with van der Waals surface area (Å²) in [5.74, 6) is -0.197. The normalized spacial score (nSPS) is 18.0. The van der Waals surface area contributed by atoms with Crippen molar-refractivity contribution in [1.82, 2.24) is 29.3 Å². The van der Waals surface area contributed by atoms with E-state index in [1.165, 1.54) is 7.11 Å². The summed E-state index contributed by atoms with van der Waals surface area (Å²) >= 11 is 0. The maximum atomic E-state index is 12.3. The number of nitrogens with zero attached hydrogens (tertiary/aromatic N) is 6. The lowest BCUT2D eigenvalue weighted by molar-refractivity contribution is -0.00938. The van der Waals surface area contributed by atoms with Crippen molar-refractivity contribution >= 4 is 17.6 Å². The average molecular weight is 457 g/mol. The van der Waals surface area contributed by atoms with E-state index >= 15 is 0 Å². The molecule has 3 aromatic rings. The molecular formula is C22H28N6O5. The van der Waals surface area contributed by atoms with Crippen LogP contribution in [0.1, 0.15) is 44.1 Å². The predicted octanol–water partition coefficient (Wildman–Crippen LogP) is 2.69. The van der Waals surface area contributed by atoms with Gasteiger partial charge in [-0.05, 0) is 20.8 Å². The molecule has 33 heavy (non-hydrogen) atoms. The summed E-state index contributed by atoms with van der Waals surface area (Å²) in [6, 6.07) is 1.60. The van der Waals surface area contributed by atoms with E-state index in [0.29, 0.717) is 29.9 Å². The van der Waals surface area contributed by atoms with Crippen molar-refractivity contribution in [2.75, 3.05) is 14.2 Å². The number of hydrogen-bond donors (Lipinski definition) is 0. The summed E-state index contributed by atoms with van der Waals surface area (Å²) in [7, 11) is 4.85. The van der Waals surface area contributed by atoms with Gasteiger partial charge in [0, 0.05) is 50.8 Å². The number of carbonyl (C=O) groups is 2. The van der Waals surface area contributed by atoms with Gasteiger partial charge in [0.15, 0.2) is 5.69 Å². The van der Waals surface area contributed by atoms with Gasteiger partial charge in [-0.3, -0.25) is 4.68 Å². The van der Waals surface area contributed by atoms with Gasteiger partial charge in [0.2, 0.25) is 5.88 Å². The molecule has 0 radical (unpaired) electrons. The summed E-state index contributed by atoms with van der Waals surface area (Å²) in [5, 5.41) is 8.51. The second kappa shape index (κ2) is 8.38. The molecule has 176 valence electrons. The summed E-state index contributed by atoms with van der Waals surface area (Å²) in [4.78, 5) is 30.6. The number of esters is 1. The van der Waals surface area contributed by atoms with Gasteiger partial charge in [-0.15, -0.1) is 0 Å². The molecule has 0 saturated heterocycles. The minimum Gasteiger partial charge on any atom is -0.473 e. The van der Waals surface area contributed by atoms with Gasteiger partial charge < -0.3 is 19.1 Å². The second-order valence-corrected chi connectivity index (χ2v) is 9.14. The highest BCUT2D eigenvalue weighted by molar-refractivity contribution is 5.89. The molecule has 0 N–H and O–H groups in total. The van der Waals surface area contributed by atoms with Crippen molar-refractivity contribution in [3.05, 3.63) is 30.4 Å². The van der Waals surface area contributed by atoms with E-state index in [-0.39, 0.29) is 23.9 Å². The number of amides is 1. The maximum absolute atomic E-state index is 12.3. The van der Waals surface area contributed by atoms with Crippen LogP contribution in [0, 0.1) is 0 Å². The molecule has 1 aliphatic rings. The Morgan fingerprint density at radius 1 is 1.21 bits per heavy atom. The van der Waals surface area contributed by atoms with Crippen molar-refractivity contribution in [2.45, 2.75) is 51.4 Å². The van der Waals surface area contributed by atoms with E-state index in [1.54, 1.807) is 39.6 Å². The third kappa shape index (κ3) is 4.76. The first-order valence-corrected chi connectivity index (χ1v) is 10.6. The lowest BCUT2D eigenvalue weighted by Gasteiger charge is -2.40. The number of hydrogen-bond acceptors (Lipinski definition) is 8. The Kier molecular flexibility index (Phi) is 5.73. The Morgan fingerprint density at radius 2 is 1.94 bits per heavy atom. The molecule has 0 spiro atoms. The smallest absolute Gasteiger partial charge is 0.410 e. The van der Waals surface area contributed by atoms with E-state index in [9.17, 15) is 9.59 Å². The summed E-state index contributed by atoms with van der Waals surface area (Å²) in [6.45, 7) is 5.52. The van der Waals surface area contributed by atoms with Gasteiger partial charge in [-0.2, -0.15) is 10.2 Å². The Hall–Kier alpha value is -3.63. The zero-order valence-electron chi connectivity index (χ0n) is 19.6. The lowest BCUT2D eigenvalue weighted by Crippen LogP contribution is -2.51. The van der Waals surface area contributed by atoms with Gasteiger partial charge >= 0.3 is 12.1 Å². The molecule has 4 rings (SSSR count). The minimum atomic E-state index is -0.549. The minimum absolute atomic E-state index is 0.0120. The molecule has 1 saturated carbocycles. The Morgan fingerprint density at radius 3 is 2.55 bits per heavy atom. The van der Waals surface area contributed by atoms with E-state index in [2.05, 4.69) is 15.2 Å². The standard InChI is InChI=1S/C22H28N6O5/c1-22(2,3)33-21(30)27(5)14-7-15(8-14)32-19-18-9-16(20(29)31-6)25-28(18)12-17(24-19)13-10-23-26(4)11-13/h9-12,14-15H,7-8H2,1-6H3. The molecule has 3 aromatic heterocycles. The number of rotatable bonds is 5. The van der Waals surface area contributed by atoms with Gasteiger partial charge in [0.1, 0.15) is 17.2 Å². The molecule has 1 amide bonds. The first kappa shape index (κ1) is 22.6. The summed E-state index contributed by atoms with van der Waals surface area (Å²) < 4.78 is 19.7. The summed E-state index contributed by atoms with van der Waals surface area (Å²) in [6.07, 6.45) is 6.01. The van der Waals surface area contributed by atoms with Crippen LogP contribution in [-0.4, -0.2) is 73.2 Å². The van der Waals surface area contributed by atoms with Crippen LogP contribution in [0.4, 0.5) is 4.79 Å². The Balaban J connectivity index is 1.55. The van der Waals surface area contributed by atoms with Crippen LogP contribution in [0.25, 0.3) is 16.8 Å². The van der Waals surface area contributed by atoms with Crippen molar-refractivity contribution in [3.8, 4) is 17.1 Å². The van der Waals surface area contributed by atoms with Gasteiger partial charge in [-0.1, -0.05) is 0 Å². The third-order valence-electron chi connectivity index (χ3n) is 5.39. The van der Waals surface area contributed by atoms with Gasteiger partial charge in [0.05, 0.1) is 25.2 Å². The van der Waals surface area contributed by atoms with Crippen LogP contribution in [-0.2, 0) is 16.5 Å². The molecule has 0 unspecified atom stereocenters. The van der Waals surface area contributed by atoms with E-state index in [0.717, 1.165) is 5.56 Å². The molecule has 0 atom stereocenters. The summed E-state index contributed by atoms with van der Waals surface area (Å²) in [5.41, 5.74) is 1.55. The zero-order valence-corrected chi connectivity index (χ0v) is 19.6. The van der Waals surface area contributed by atoms with Crippen LogP contribution in [0.2, 0.25) is 0 Å². The fourth-order valence-corrected chi connectivity index (χ4v) is 3.54. The topological polar surface area (TPSA) is 113 Å². The van der Waals surface area contributed by atoms with Crippen LogP contribution in [0.5, 0.6) is 5.88 Å². The van der Waals surface area contributed by atoms with Crippen molar-refractivity contribution in [3.63, 3.8) is 0 Å². The number of methoxy groups -OCH3 is 1. The molecule has 11 nitrogen and oxygen atoms in total. The highest BCUT2D eigenvalue weighted by Gasteiger charge is 2.38. The van der Waals surface area contributed by atoms with Crippen LogP contribution >= 0.6 is 0 Å². The fraction of sp³-hybridized carbons (Fsp3) is 0.500. The largest absolute Gasteiger partial charge is 0.473 e. The first-order chi connectivity index (χ1) is 15.5. The van der Waals surface area contributed by atoms with Gasteiger partial charge in [-0.25, -0.2) is 19.1 Å². The second-order valence-electron chi connectivity index (χ2n) is 9.14. The molecule has 0 aromatic carbocycles. The number of carbonyl (C=O) groups excluding carboxylic acids is 2. The van der Waals surface area contributed by atoms with Crippen molar-refractivity contribution < 1.29 is 23.8 Å². The molecule has 0 aliphatic heterocycles. The molecule has 0 bridgehead atoms. The molecule has 11 heteroatoms. The third-order valence-corrected chi connectivity index (χ3v) is 5.39. The van der Waals surface area contributed by atoms with E-state index in [4.69, 9.17) is 14.2 Å². The fourth-order valence-electron chi connectivity index (χ4n) is 3.54. The quantitative estimate of drug-likeness (QED) is 0.539. The number of aryl methyl sites for hydroxylation is 1. The van der Waals surface area contributed by atoms with Crippen molar-refractivity contribution in [1.29, 1.82) is 0 Å². The van der Waals surface area contributed by atoms with Gasteiger partial charge in [0.25, 0.3) is 0 Å². The van der Waals surface area contributed by atoms with E-state index in [1.807, 2.05) is 34.0 Å². The zero-order chi connectivity index (χ0) is 23.9. The van der Waals surface area contributed by atoms with E-state index < -0.39 is 11.6 Å². The number of aromatic nitrogens is 5. The monoisotopic (exact) mass is 456 g/mol. The number of ether oxygens (including phenoxy) is 3. The lowest BCUT2D eigenvalue weighted by atomic mass is 9.88. The first-order valence-electron chi connectivity index (χ1n) is 10.6. The van der Waals surface area contributed by atoms with Crippen LogP contribution < -0.4 is 4.74 Å². The predicted molar refractivity (Wildman–Crippen MR) is 118 cm³/mol. The SMILES string of the molecule is COC(=O)c1cc2c(OC3CC(N(C)C(=O)OC(C)(C)C)C3)nc(-c3cnn(C)c3)cn2n1. The number of fused-ring (bicyclic) bond motifs is 1. The molecular weight excluding hydrogens is 428 g/mol. The Labute approximate surface area is 191 Å². The van der Waals surface area contributed by atoms with Crippen molar-refractivity contribution in [2.24, 2.45) is 7.05 Å². The van der Waals surface area contributed by atoms with Crippen LogP contribution in [0.3, 0.4) is 0 Å². The average Bonchev–Trinajstić information content (AvgIpc) is 3.34. The molecule has 3 heterocycles. The maximum Gasteiger partial charge on any atom is 0.410 e. The highest BCUT2D eigenvalue weighted by Crippen LogP contribution is 2.32. The Bertz CT molecular complexity index is 1190. The molecule has 1 aliphatic carbocycles.